The minimum atomic E-state index is -0.677. The van der Waals surface area contributed by atoms with Crippen molar-refractivity contribution in [2.24, 2.45) is 0 Å². The average Bonchev–Trinajstić information content (AvgIpc) is 2.31. The third-order valence-corrected chi connectivity index (χ3v) is 3.54. The van der Waals surface area contributed by atoms with Crippen LogP contribution in [0.4, 0.5) is 0 Å². The van der Waals surface area contributed by atoms with Gasteiger partial charge in [0, 0.05) is 0 Å². The van der Waals surface area contributed by atoms with Gasteiger partial charge in [-0.25, -0.2) is 0 Å². The van der Waals surface area contributed by atoms with Gasteiger partial charge in [-0.1, -0.05) is 12.3 Å². The fourth-order valence-corrected chi connectivity index (χ4v) is 2.43. The predicted molar refractivity (Wildman–Crippen MR) is 62.2 cm³/mol. The van der Waals surface area contributed by atoms with Crippen LogP contribution in [0.2, 0.25) is 0 Å². The molecule has 2 aliphatic rings. The number of ether oxygens (including phenoxy) is 1. The van der Waals surface area contributed by atoms with E-state index in [-0.39, 0.29) is 0 Å². The first kappa shape index (κ1) is 11.9. The molecule has 0 spiro atoms. The molecule has 3 heteroatoms. The Morgan fingerprint density at radius 3 is 2.50 bits per heavy atom. The molecule has 0 amide bonds. The maximum atomic E-state index is 10.2. The number of hydrogen-bond donors (Lipinski definition) is 2. The van der Waals surface area contributed by atoms with Crippen molar-refractivity contribution in [2.75, 3.05) is 32.8 Å². The highest BCUT2D eigenvalue weighted by atomic mass is 16.5. The van der Waals surface area contributed by atoms with Crippen molar-refractivity contribution in [3.63, 3.8) is 0 Å². The highest BCUT2D eigenvalue weighted by Gasteiger charge is 2.26. The first-order valence-corrected chi connectivity index (χ1v) is 6.42. The highest BCUT2D eigenvalue weighted by molar-refractivity contribution is 5.14. The van der Waals surface area contributed by atoms with Crippen molar-refractivity contribution < 1.29 is 14.7 Å². The number of morpholine rings is 1. The van der Waals surface area contributed by atoms with Gasteiger partial charge < -0.3 is 14.7 Å². The number of quaternary nitrogens is 1. The van der Waals surface area contributed by atoms with Crippen LogP contribution < -0.4 is 4.90 Å². The maximum absolute atomic E-state index is 10.2. The van der Waals surface area contributed by atoms with Crippen molar-refractivity contribution in [1.82, 2.24) is 0 Å². The van der Waals surface area contributed by atoms with Crippen molar-refractivity contribution in [1.29, 1.82) is 0 Å². The van der Waals surface area contributed by atoms with E-state index >= 15 is 0 Å². The van der Waals surface area contributed by atoms with Gasteiger partial charge in [-0.05, 0) is 31.6 Å². The first-order chi connectivity index (χ1) is 7.79. The Kier molecular flexibility index (Phi) is 4.22. The molecule has 2 rings (SSSR count). The summed E-state index contributed by atoms with van der Waals surface area (Å²) in [5.74, 6) is 6.26. The summed E-state index contributed by atoms with van der Waals surface area (Å²) in [5.41, 5.74) is -0.677. The van der Waals surface area contributed by atoms with E-state index in [1.165, 1.54) is 11.3 Å². The van der Waals surface area contributed by atoms with Gasteiger partial charge in [0.05, 0.1) is 13.2 Å². The molecular weight excluding hydrogens is 202 g/mol. The van der Waals surface area contributed by atoms with E-state index < -0.39 is 5.60 Å². The lowest BCUT2D eigenvalue weighted by Gasteiger charge is -2.26. The second-order valence-electron chi connectivity index (χ2n) is 4.93. The molecule has 0 radical (unpaired) electrons. The molecular formula is C13H22NO2+. The molecule has 2 fully saturated rings. The topological polar surface area (TPSA) is 33.9 Å². The average molecular weight is 224 g/mol. The van der Waals surface area contributed by atoms with E-state index in [0.717, 1.165) is 58.5 Å². The predicted octanol–water partition coefficient (Wildman–Crippen LogP) is -0.400. The molecule has 1 aliphatic carbocycles. The molecule has 1 saturated heterocycles. The van der Waals surface area contributed by atoms with Crippen LogP contribution in [0.1, 0.15) is 32.1 Å². The van der Waals surface area contributed by atoms with Gasteiger partial charge in [0.1, 0.15) is 25.2 Å². The zero-order valence-electron chi connectivity index (χ0n) is 9.93. The van der Waals surface area contributed by atoms with Gasteiger partial charge in [-0.3, -0.25) is 0 Å². The Hall–Kier alpha value is -0.560. The molecule has 90 valence electrons. The lowest BCUT2D eigenvalue weighted by Crippen LogP contribution is -3.14. The smallest absolute Gasteiger partial charge is 0.139 e. The molecule has 0 aromatic rings. The SMILES string of the molecule is OC1(C#CC[NH+]2CCOCC2)CCCCC1. The fourth-order valence-electron chi connectivity index (χ4n) is 2.43. The molecule has 1 saturated carbocycles. The number of nitrogens with one attached hydrogen (secondary N) is 1. The Morgan fingerprint density at radius 2 is 1.81 bits per heavy atom. The molecule has 16 heavy (non-hydrogen) atoms. The fraction of sp³-hybridized carbons (Fsp3) is 0.846. The largest absolute Gasteiger partial charge is 0.378 e. The zero-order chi connectivity index (χ0) is 11.3. The van der Waals surface area contributed by atoms with Gasteiger partial charge in [0.15, 0.2) is 0 Å². The monoisotopic (exact) mass is 224 g/mol. The quantitative estimate of drug-likeness (QED) is 0.594. The second kappa shape index (κ2) is 5.67. The normalized spacial score (nSPS) is 25.8. The zero-order valence-corrected chi connectivity index (χ0v) is 9.93. The lowest BCUT2D eigenvalue weighted by molar-refractivity contribution is -0.900. The van der Waals surface area contributed by atoms with Crippen LogP contribution in [0.5, 0.6) is 0 Å². The third kappa shape index (κ3) is 3.48. The summed E-state index contributed by atoms with van der Waals surface area (Å²) < 4.78 is 5.30. The summed E-state index contributed by atoms with van der Waals surface area (Å²) in [4.78, 5) is 1.48. The molecule has 1 heterocycles. The van der Waals surface area contributed by atoms with Crippen LogP contribution in [0.15, 0.2) is 0 Å². The Labute approximate surface area is 97.8 Å². The van der Waals surface area contributed by atoms with E-state index in [1.807, 2.05) is 0 Å². The second-order valence-corrected chi connectivity index (χ2v) is 4.93. The van der Waals surface area contributed by atoms with E-state index in [1.54, 1.807) is 0 Å². The van der Waals surface area contributed by atoms with Crippen LogP contribution >= 0.6 is 0 Å². The molecule has 1 aliphatic heterocycles. The van der Waals surface area contributed by atoms with Gasteiger partial charge in [0.25, 0.3) is 0 Å². The molecule has 0 aromatic carbocycles. The minimum Gasteiger partial charge on any atom is -0.378 e. The van der Waals surface area contributed by atoms with Gasteiger partial charge >= 0.3 is 0 Å². The summed E-state index contributed by atoms with van der Waals surface area (Å²) in [5, 5.41) is 10.2. The Balaban J connectivity index is 1.79. The van der Waals surface area contributed by atoms with Gasteiger partial charge in [0.2, 0.25) is 0 Å². The first-order valence-electron chi connectivity index (χ1n) is 6.42. The van der Waals surface area contributed by atoms with Crippen LogP contribution in [0, 0.1) is 11.8 Å². The Bertz CT molecular complexity index is 267. The van der Waals surface area contributed by atoms with Gasteiger partial charge in [-0.15, -0.1) is 0 Å². The molecule has 0 atom stereocenters. The molecule has 3 nitrogen and oxygen atoms in total. The summed E-state index contributed by atoms with van der Waals surface area (Å²) in [6, 6.07) is 0. The summed E-state index contributed by atoms with van der Waals surface area (Å²) in [6.45, 7) is 4.65. The summed E-state index contributed by atoms with van der Waals surface area (Å²) >= 11 is 0. The van der Waals surface area contributed by atoms with Crippen LogP contribution in [-0.4, -0.2) is 43.6 Å². The highest BCUT2D eigenvalue weighted by Crippen LogP contribution is 2.26. The number of rotatable bonds is 1. The third-order valence-electron chi connectivity index (χ3n) is 3.54. The number of hydrogen-bond acceptors (Lipinski definition) is 2. The minimum absolute atomic E-state index is 0.677. The van der Waals surface area contributed by atoms with Crippen molar-refractivity contribution in [3.8, 4) is 11.8 Å². The van der Waals surface area contributed by atoms with E-state index in [2.05, 4.69) is 11.8 Å². The van der Waals surface area contributed by atoms with Crippen molar-refractivity contribution >= 4 is 0 Å². The summed E-state index contributed by atoms with van der Waals surface area (Å²) in [7, 11) is 0. The van der Waals surface area contributed by atoms with Crippen LogP contribution in [-0.2, 0) is 4.74 Å². The standard InChI is InChI=1S/C13H21NO2/c15-13(5-2-1-3-6-13)7-4-8-14-9-11-16-12-10-14/h15H,1-3,5-6,8-12H2/p+1. The molecule has 0 bridgehead atoms. The number of aliphatic hydroxyl groups is 1. The molecule has 2 N–H and O–H groups in total. The Morgan fingerprint density at radius 1 is 1.12 bits per heavy atom. The van der Waals surface area contributed by atoms with E-state index in [0.29, 0.717) is 0 Å². The van der Waals surface area contributed by atoms with Crippen molar-refractivity contribution in [2.45, 2.75) is 37.7 Å². The van der Waals surface area contributed by atoms with E-state index in [4.69, 9.17) is 4.74 Å². The molecule has 0 aromatic heterocycles. The maximum Gasteiger partial charge on any atom is 0.139 e. The van der Waals surface area contributed by atoms with E-state index in [9.17, 15) is 5.11 Å². The van der Waals surface area contributed by atoms with Gasteiger partial charge in [-0.2, -0.15) is 0 Å². The van der Waals surface area contributed by atoms with Crippen LogP contribution in [0.25, 0.3) is 0 Å². The van der Waals surface area contributed by atoms with Crippen molar-refractivity contribution in [3.05, 3.63) is 0 Å². The van der Waals surface area contributed by atoms with Crippen LogP contribution in [0.3, 0.4) is 0 Å². The molecule has 0 unspecified atom stereocenters. The summed E-state index contributed by atoms with van der Waals surface area (Å²) in [6.07, 6.45) is 5.21. The lowest BCUT2D eigenvalue weighted by atomic mass is 9.85.